The fourth-order valence-corrected chi connectivity index (χ4v) is 9.18. The molecule has 1 aromatic carbocycles. The van der Waals surface area contributed by atoms with Gasteiger partial charge in [0.15, 0.2) is 0 Å². The van der Waals surface area contributed by atoms with E-state index < -0.39 is 59.2 Å². The Balaban J connectivity index is 1.45. The predicted octanol–water partition coefficient (Wildman–Crippen LogP) is 5.92. The number of aromatic nitrogens is 3. The van der Waals surface area contributed by atoms with Crippen LogP contribution in [0, 0.1) is 11.3 Å². The number of benzene rings is 1. The van der Waals surface area contributed by atoms with Gasteiger partial charge in [-0.3, -0.25) is 34.1 Å². The molecule has 0 spiro atoms. The normalized spacial score (nSPS) is 19.1. The van der Waals surface area contributed by atoms with Crippen molar-refractivity contribution in [3.63, 3.8) is 0 Å². The average molecular weight is 855 g/mol. The maximum Gasteiger partial charge on any atom is 0.327 e. The van der Waals surface area contributed by atoms with Gasteiger partial charge >= 0.3 is 12.0 Å². The lowest BCUT2D eigenvalue weighted by molar-refractivity contribution is -0.155. The number of rotatable bonds is 9. The third-order valence-corrected chi connectivity index (χ3v) is 12.4. The number of pyridine rings is 1. The number of carbonyl (C=O) groups excluding carboxylic acids is 5. The molecule has 2 N–H and O–H groups in total. The largest absolute Gasteiger partial charge is 0.464 e. The number of nitrogens with zero attached hydrogens (tertiary/aromatic N) is 6. The molecule has 1 fully saturated rings. The van der Waals surface area contributed by atoms with E-state index >= 15 is 0 Å². The molecule has 1 saturated heterocycles. The van der Waals surface area contributed by atoms with Gasteiger partial charge in [-0.15, -0.1) is 11.3 Å². The number of thiazole rings is 1. The highest BCUT2D eigenvalue weighted by Gasteiger charge is 2.39. The third kappa shape index (κ3) is 9.41. The van der Waals surface area contributed by atoms with Gasteiger partial charge in [-0.1, -0.05) is 40.3 Å². The summed E-state index contributed by atoms with van der Waals surface area (Å²) in [7, 11) is 4.43. The number of cyclic esters (lactones) is 1. The minimum atomic E-state index is -1.12. The van der Waals surface area contributed by atoms with Crippen molar-refractivity contribution < 1.29 is 33.4 Å². The molecule has 2 aliphatic heterocycles. The number of amides is 5. The maximum absolute atomic E-state index is 14.5. The van der Waals surface area contributed by atoms with Crippen LogP contribution in [0.3, 0.4) is 0 Å². The Morgan fingerprint density at radius 2 is 1.93 bits per heavy atom. The first-order chi connectivity index (χ1) is 29.0. The molecule has 5 amide bonds. The number of likely N-dealkylation sites (N-methyl/N-ethyl adjacent to an activating group) is 2. The van der Waals surface area contributed by atoms with Gasteiger partial charge in [0.05, 0.1) is 34.8 Å². The van der Waals surface area contributed by atoms with Crippen molar-refractivity contribution in [2.45, 2.75) is 98.0 Å². The van der Waals surface area contributed by atoms with Gasteiger partial charge in [0.2, 0.25) is 5.91 Å². The molecule has 4 aromatic rings. The van der Waals surface area contributed by atoms with Crippen LogP contribution in [-0.4, -0.2) is 112 Å². The van der Waals surface area contributed by atoms with Crippen LogP contribution < -0.4 is 10.7 Å². The van der Waals surface area contributed by atoms with Gasteiger partial charge in [-0.2, -0.15) is 0 Å². The molecule has 6 rings (SSSR count). The molecule has 16 heteroatoms. The number of ether oxygens (including phenoxy) is 2. The van der Waals surface area contributed by atoms with Crippen LogP contribution in [0.5, 0.6) is 0 Å². The van der Waals surface area contributed by atoms with Gasteiger partial charge in [-0.25, -0.2) is 15.2 Å². The van der Waals surface area contributed by atoms with Crippen LogP contribution >= 0.6 is 11.3 Å². The van der Waals surface area contributed by atoms with Crippen LogP contribution in [0.15, 0.2) is 54.6 Å². The van der Waals surface area contributed by atoms with E-state index in [1.54, 1.807) is 27.2 Å². The fourth-order valence-electron chi connectivity index (χ4n) is 8.33. The Bertz CT molecular complexity index is 2320. The lowest BCUT2D eigenvalue weighted by Gasteiger charge is -2.36. The summed E-state index contributed by atoms with van der Waals surface area (Å²) >= 11 is 1.38. The van der Waals surface area contributed by atoms with Gasteiger partial charge in [0, 0.05) is 79.7 Å². The van der Waals surface area contributed by atoms with E-state index in [4.69, 9.17) is 19.4 Å². The van der Waals surface area contributed by atoms with Crippen molar-refractivity contribution >= 4 is 52.0 Å². The molecule has 15 nitrogen and oxygen atoms in total. The summed E-state index contributed by atoms with van der Waals surface area (Å²) in [5.41, 5.74) is 9.13. The van der Waals surface area contributed by atoms with Crippen molar-refractivity contribution in [2.24, 2.45) is 11.3 Å². The number of hydrogen-bond acceptors (Lipinski definition) is 11. The molecule has 1 unspecified atom stereocenters. The number of nitrogens with one attached hydrogen (secondary N) is 2. The minimum absolute atomic E-state index is 0.0410. The Labute approximate surface area is 361 Å². The van der Waals surface area contributed by atoms with Gasteiger partial charge in [-0.05, 0) is 74.9 Å². The smallest absolute Gasteiger partial charge is 0.327 e. The molecule has 6 bridgehead atoms. The van der Waals surface area contributed by atoms with Crippen molar-refractivity contribution in [1.82, 2.24) is 40.1 Å². The number of urea groups is 1. The molecule has 2 aliphatic rings. The zero-order valence-corrected chi connectivity index (χ0v) is 37.4. The summed E-state index contributed by atoms with van der Waals surface area (Å²) in [6.07, 6.45) is 4.12. The monoisotopic (exact) mass is 854 g/mol. The second kappa shape index (κ2) is 18.7. The summed E-state index contributed by atoms with van der Waals surface area (Å²) in [5, 5.41) is 7.89. The Hall–Kier alpha value is -5.45. The van der Waals surface area contributed by atoms with Crippen molar-refractivity contribution in [1.29, 1.82) is 0 Å². The number of hydrogen-bond donors (Lipinski definition) is 2. The molecule has 326 valence electrons. The first-order valence-corrected chi connectivity index (χ1v) is 21.7. The highest BCUT2D eigenvalue weighted by atomic mass is 32.1. The van der Waals surface area contributed by atoms with E-state index in [1.807, 2.05) is 24.4 Å². The molecule has 3 aromatic heterocycles. The minimum Gasteiger partial charge on any atom is -0.464 e. The van der Waals surface area contributed by atoms with Crippen LogP contribution in [0.4, 0.5) is 4.79 Å². The predicted molar refractivity (Wildman–Crippen MR) is 234 cm³/mol. The number of fused-ring (bicyclic) bond motifs is 6. The summed E-state index contributed by atoms with van der Waals surface area (Å²) in [6.45, 7) is 16.4. The van der Waals surface area contributed by atoms with Crippen LogP contribution in [0.25, 0.3) is 33.4 Å². The molecule has 4 atom stereocenters. The number of carbonyl (C=O) groups is 5. The Morgan fingerprint density at radius 1 is 1.18 bits per heavy atom. The molecule has 61 heavy (non-hydrogen) atoms. The van der Waals surface area contributed by atoms with E-state index in [1.165, 1.54) is 35.3 Å². The summed E-state index contributed by atoms with van der Waals surface area (Å²) in [6, 6.07) is 6.67. The van der Waals surface area contributed by atoms with E-state index in [9.17, 15) is 24.0 Å². The summed E-state index contributed by atoms with van der Waals surface area (Å²) < 4.78 is 14.2. The van der Waals surface area contributed by atoms with Crippen molar-refractivity contribution in [3.05, 3.63) is 70.8 Å². The molecular formula is C45H58N8O7S. The third-order valence-electron chi connectivity index (χ3n) is 11.6. The van der Waals surface area contributed by atoms with Gasteiger partial charge < -0.3 is 24.3 Å². The zero-order chi connectivity index (χ0) is 44.3. The molecular weight excluding hydrogens is 797 g/mol. The van der Waals surface area contributed by atoms with Crippen molar-refractivity contribution in [2.75, 3.05) is 34.4 Å². The lowest BCUT2D eigenvalue weighted by Crippen LogP contribution is -2.62. The highest BCUT2D eigenvalue weighted by molar-refractivity contribution is 7.10. The SMILES string of the molecule is C=CC(=O)N(C)C(=O)N(C)C(C(=O)N[C@H]1Cc2nc(cs2)-c2ccc3c(c2)c(c(-c2cccnc2[C@H](C)OC)n3CC)CC(C)(C)COC(=O)[C@@H]2CCCN(N2)C1=O)C(C)C. The number of aryl methyl sites for hydroxylation is 1. The summed E-state index contributed by atoms with van der Waals surface area (Å²) in [5.74, 6) is -2.53. The Morgan fingerprint density at radius 3 is 2.62 bits per heavy atom. The second-order valence-electron chi connectivity index (χ2n) is 17.0. The van der Waals surface area contributed by atoms with Crippen LogP contribution in [0.2, 0.25) is 0 Å². The molecule has 0 radical (unpaired) electrons. The first kappa shape index (κ1) is 45.1. The molecule has 5 heterocycles. The van der Waals surface area contributed by atoms with E-state index in [2.05, 4.69) is 60.9 Å². The first-order valence-electron chi connectivity index (χ1n) is 20.8. The Kier molecular flexibility index (Phi) is 13.8. The van der Waals surface area contributed by atoms with E-state index in [0.29, 0.717) is 37.4 Å². The number of esters is 1. The van der Waals surface area contributed by atoms with E-state index in [0.717, 1.165) is 55.7 Å². The average Bonchev–Trinajstić information content (AvgIpc) is 3.84. The molecule has 0 aliphatic carbocycles. The van der Waals surface area contributed by atoms with Crippen LogP contribution in [-0.2, 0) is 48.0 Å². The maximum atomic E-state index is 14.5. The number of methoxy groups -OCH3 is 1. The molecule has 0 saturated carbocycles. The quantitative estimate of drug-likeness (QED) is 0.152. The zero-order valence-electron chi connectivity index (χ0n) is 36.6. The standard InChI is InChI=1S/C45H58N8O7S/c1-11-37(54)50(8)44(58)51(9)39(26(3)4)41(55)48-33-22-36-47-34(24-61-36)28-17-18-35-30(21-28)31(40(52(35)12-2)29-15-13-19-46-38(29)27(5)59-10)23-45(6,7)25-60-43(57)32-16-14-20-53(49-32)42(33)56/h11,13,15,17-19,21,24,26-27,32-33,39,49H,1,12,14,16,20,22-23,25H2,2-10H3,(H,48,55)/t27-,32-,33-,39?/m0/s1. The summed E-state index contributed by atoms with van der Waals surface area (Å²) in [4.78, 5) is 79.9. The van der Waals surface area contributed by atoms with E-state index in [-0.39, 0.29) is 19.1 Å². The topological polar surface area (TPSA) is 168 Å². The second-order valence-corrected chi connectivity index (χ2v) is 17.9. The van der Waals surface area contributed by atoms with Gasteiger partial charge in [0.1, 0.15) is 18.1 Å². The lowest BCUT2D eigenvalue weighted by atomic mass is 9.84. The number of imide groups is 1. The van der Waals surface area contributed by atoms with Gasteiger partial charge in [0.25, 0.3) is 11.8 Å². The fraction of sp³-hybridized carbons (Fsp3) is 0.489. The highest BCUT2D eigenvalue weighted by Crippen LogP contribution is 2.42. The van der Waals surface area contributed by atoms with Crippen LogP contribution in [0.1, 0.15) is 76.8 Å². The number of hydrazine groups is 1. The van der Waals surface area contributed by atoms with Crippen molar-refractivity contribution in [3.8, 4) is 22.5 Å².